The molecular weight excluding hydrogens is 275 g/mol. The van der Waals surface area contributed by atoms with Gasteiger partial charge in [0.25, 0.3) is 0 Å². The van der Waals surface area contributed by atoms with E-state index in [1.165, 1.54) is 38.5 Å². The first-order valence-corrected chi connectivity index (χ1v) is 9.29. The van der Waals surface area contributed by atoms with Crippen molar-refractivity contribution >= 4 is 20.5 Å². The summed E-state index contributed by atoms with van der Waals surface area (Å²) >= 11 is 5.33. The molecule has 21 heavy (non-hydrogen) atoms. The van der Waals surface area contributed by atoms with Crippen molar-refractivity contribution in [1.29, 1.82) is 0 Å². The van der Waals surface area contributed by atoms with Crippen LogP contribution >= 0.6 is 12.6 Å². The minimum atomic E-state index is 0.117. The molecule has 2 aliphatic rings. The van der Waals surface area contributed by atoms with Gasteiger partial charge in [-0.25, -0.2) is 0 Å². The molecule has 2 rings (SSSR count). The van der Waals surface area contributed by atoms with Crippen molar-refractivity contribution in [2.24, 2.45) is 16.7 Å². The van der Waals surface area contributed by atoms with Crippen LogP contribution < -0.4 is 0 Å². The maximum Gasteiger partial charge on any atom is 0.110 e. The van der Waals surface area contributed by atoms with E-state index in [0.717, 1.165) is 0 Å². The second-order valence-electron chi connectivity index (χ2n) is 8.88. The first kappa shape index (κ1) is 17.7. The monoisotopic (exact) mass is 310 g/mol. The molecule has 0 aromatic heterocycles. The number of thiol groups is 1. The minimum absolute atomic E-state index is 0.117. The normalized spacial score (nSPS) is 47.4. The summed E-state index contributed by atoms with van der Waals surface area (Å²) in [5.74, 6) is 0.619. The Kier molecular flexibility index (Phi) is 4.62. The fourth-order valence-corrected chi connectivity index (χ4v) is 6.47. The summed E-state index contributed by atoms with van der Waals surface area (Å²) in [4.78, 5) is 0. The van der Waals surface area contributed by atoms with E-state index in [-0.39, 0.29) is 10.2 Å². The van der Waals surface area contributed by atoms with E-state index in [1.807, 2.05) is 7.11 Å². The average molecular weight is 310 g/mol. The Morgan fingerprint density at radius 2 is 1.90 bits per heavy atom. The first-order valence-electron chi connectivity index (χ1n) is 8.84. The average Bonchev–Trinajstić information content (AvgIpc) is 2.68. The highest BCUT2D eigenvalue weighted by molar-refractivity contribution is 7.82. The van der Waals surface area contributed by atoms with Gasteiger partial charge in [0.1, 0.15) is 7.85 Å². The molecule has 2 aliphatic carbocycles. The second kappa shape index (κ2) is 5.48. The molecule has 2 fully saturated rings. The SMILES string of the molecule is BC1(C(C)(C)CCC)CCC2(C)C(OC)CCC2(S)C1C. The summed E-state index contributed by atoms with van der Waals surface area (Å²) in [7, 11) is 4.42. The van der Waals surface area contributed by atoms with E-state index in [4.69, 9.17) is 17.4 Å². The Bertz CT molecular complexity index is 395. The van der Waals surface area contributed by atoms with E-state index in [9.17, 15) is 0 Å². The third-order valence-electron chi connectivity index (χ3n) is 8.03. The molecule has 0 heterocycles. The summed E-state index contributed by atoms with van der Waals surface area (Å²) in [6.07, 6.45) is 7.89. The van der Waals surface area contributed by atoms with Crippen LogP contribution in [-0.2, 0) is 4.74 Å². The molecule has 0 spiro atoms. The Balaban J connectivity index is 2.39. The molecule has 3 heteroatoms. The number of rotatable bonds is 4. The van der Waals surface area contributed by atoms with Gasteiger partial charge < -0.3 is 4.74 Å². The highest BCUT2D eigenvalue weighted by atomic mass is 32.1. The molecule has 0 N–H and O–H groups in total. The minimum Gasteiger partial charge on any atom is -0.381 e. The zero-order chi connectivity index (χ0) is 16.1. The van der Waals surface area contributed by atoms with Crippen molar-refractivity contribution < 1.29 is 4.74 Å². The highest BCUT2D eigenvalue weighted by Crippen LogP contribution is 2.71. The maximum atomic E-state index is 5.85. The van der Waals surface area contributed by atoms with Gasteiger partial charge in [-0.15, -0.1) is 0 Å². The second-order valence-corrected chi connectivity index (χ2v) is 9.68. The van der Waals surface area contributed by atoms with E-state index in [2.05, 4.69) is 42.5 Å². The molecule has 1 nitrogen and oxygen atoms in total. The quantitative estimate of drug-likeness (QED) is 0.593. The van der Waals surface area contributed by atoms with Crippen molar-refractivity contribution in [2.45, 2.75) is 89.3 Å². The summed E-state index contributed by atoms with van der Waals surface area (Å²) in [5, 5.41) is 0.368. The van der Waals surface area contributed by atoms with Gasteiger partial charge in [-0.2, -0.15) is 12.6 Å². The standard InChI is InChI=1S/C18H35BOS/c1-7-9-15(3,4)17(19)12-11-16(5)14(20-6)8-10-18(16,21)13(17)2/h13-14,21H,7-12,19H2,1-6H3. The van der Waals surface area contributed by atoms with E-state index >= 15 is 0 Å². The number of hydrogen-bond donors (Lipinski definition) is 1. The van der Waals surface area contributed by atoms with Gasteiger partial charge in [-0.3, -0.25) is 0 Å². The lowest BCUT2D eigenvalue weighted by atomic mass is 9.38. The van der Waals surface area contributed by atoms with Gasteiger partial charge in [0.2, 0.25) is 0 Å². The smallest absolute Gasteiger partial charge is 0.110 e. The summed E-state index contributed by atoms with van der Waals surface area (Å²) < 4.78 is 5.97. The molecule has 0 amide bonds. The highest BCUT2D eigenvalue weighted by Gasteiger charge is 2.65. The zero-order valence-electron chi connectivity index (χ0n) is 15.3. The number of methoxy groups -OCH3 is 1. The summed E-state index contributed by atoms with van der Waals surface area (Å²) in [6, 6.07) is 0. The van der Waals surface area contributed by atoms with Gasteiger partial charge in [0, 0.05) is 17.3 Å². The zero-order valence-corrected chi connectivity index (χ0v) is 16.1. The molecule has 0 bridgehead atoms. The Labute approximate surface area is 138 Å². The van der Waals surface area contributed by atoms with Crippen LogP contribution in [-0.4, -0.2) is 25.8 Å². The van der Waals surface area contributed by atoms with E-state index < -0.39 is 0 Å². The third kappa shape index (κ3) is 2.24. The molecule has 0 aromatic carbocycles. The van der Waals surface area contributed by atoms with Gasteiger partial charge in [0.15, 0.2) is 0 Å². The largest absolute Gasteiger partial charge is 0.381 e. The van der Waals surface area contributed by atoms with Crippen LogP contribution in [0.5, 0.6) is 0 Å². The molecule has 0 saturated heterocycles. The fourth-order valence-electron chi connectivity index (χ4n) is 5.80. The first-order chi connectivity index (χ1) is 9.59. The predicted molar refractivity (Wildman–Crippen MR) is 98.2 cm³/mol. The van der Waals surface area contributed by atoms with Crippen LogP contribution in [0.3, 0.4) is 0 Å². The van der Waals surface area contributed by atoms with Crippen molar-refractivity contribution in [3.8, 4) is 0 Å². The van der Waals surface area contributed by atoms with Gasteiger partial charge in [-0.1, -0.05) is 47.5 Å². The molecule has 2 saturated carbocycles. The Hall–Kier alpha value is 0.375. The van der Waals surface area contributed by atoms with Crippen LogP contribution in [0.15, 0.2) is 0 Å². The van der Waals surface area contributed by atoms with Crippen LogP contribution in [0, 0.1) is 16.7 Å². The van der Waals surface area contributed by atoms with E-state index in [1.54, 1.807) is 0 Å². The fraction of sp³-hybridized carbons (Fsp3) is 1.00. The lowest BCUT2D eigenvalue weighted by molar-refractivity contribution is -0.0489. The topological polar surface area (TPSA) is 9.23 Å². The molecule has 0 aliphatic heterocycles. The molecule has 0 aromatic rings. The molecular formula is C18H35BOS. The molecule has 5 unspecified atom stereocenters. The predicted octanol–water partition coefficient (Wildman–Crippen LogP) is 4.52. The Morgan fingerprint density at radius 3 is 2.43 bits per heavy atom. The lowest BCUT2D eigenvalue weighted by Gasteiger charge is -2.63. The number of hydrogen-bond acceptors (Lipinski definition) is 2. The third-order valence-corrected chi connectivity index (χ3v) is 9.15. The number of fused-ring (bicyclic) bond motifs is 1. The molecule has 122 valence electrons. The van der Waals surface area contributed by atoms with Crippen molar-refractivity contribution in [2.75, 3.05) is 7.11 Å². The van der Waals surface area contributed by atoms with Gasteiger partial charge in [-0.05, 0) is 42.3 Å². The van der Waals surface area contributed by atoms with Crippen molar-refractivity contribution in [3.63, 3.8) is 0 Å². The molecule has 0 radical (unpaired) electrons. The maximum absolute atomic E-state index is 5.85. The van der Waals surface area contributed by atoms with Gasteiger partial charge in [0.05, 0.1) is 6.10 Å². The Morgan fingerprint density at radius 1 is 1.29 bits per heavy atom. The van der Waals surface area contributed by atoms with Crippen LogP contribution in [0.25, 0.3) is 0 Å². The van der Waals surface area contributed by atoms with E-state index in [0.29, 0.717) is 22.8 Å². The van der Waals surface area contributed by atoms with Gasteiger partial charge >= 0.3 is 0 Å². The van der Waals surface area contributed by atoms with Crippen molar-refractivity contribution in [1.82, 2.24) is 0 Å². The number of ether oxygens (including phenoxy) is 1. The van der Waals surface area contributed by atoms with Crippen LogP contribution in [0.2, 0.25) is 5.31 Å². The lowest BCUT2D eigenvalue weighted by Crippen LogP contribution is -2.58. The van der Waals surface area contributed by atoms with Crippen LogP contribution in [0.4, 0.5) is 0 Å². The summed E-state index contributed by atoms with van der Waals surface area (Å²) in [5.41, 5.74) is 0.607. The summed E-state index contributed by atoms with van der Waals surface area (Å²) in [6.45, 7) is 12.2. The molecule has 5 atom stereocenters. The van der Waals surface area contributed by atoms with Crippen molar-refractivity contribution in [3.05, 3.63) is 0 Å². The van der Waals surface area contributed by atoms with Crippen LogP contribution in [0.1, 0.15) is 73.1 Å².